The van der Waals surface area contributed by atoms with Crippen molar-refractivity contribution < 1.29 is 5.11 Å². The third-order valence-electron chi connectivity index (χ3n) is 3.90. The number of aromatic nitrogens is 3. The number of hydrogen-bond donors (Lipinski definition) is 1. The standard InChI is InChI=1S/C21H16N4O/c26-18-10-2-1-8-16(18)17-9-7-13-21(24-17)25(19-11-3-5-14-22-19)20-12-4-6-15-23-20/h1-15,26H. The van der Waals surface area contributed by atoms with Gasteiger partial charge in [-0.2, -0.15) is 0 Å². The Kier molecular flexibility index (Phi) is 4.26. The molecule has 0 radical (unpaired) electrons. The number of phenols is 1. The summed E-state index contributed by atoms with van der Waals surface area (Å²) in [6.07, 6.45) is 3.47. The van der Waals surface area contributed by atoms with Crippen molar-refractivity contribution in [3.05, 3.63) is 91.3 Å². The van der Waals surface area contributed by atoms with Crippen molar-refractivity contribution in [1.29, 1.82) is 0 Å². The van der Waals surface area contributed by atoms with E-state index < -0.39 is 0 Å². The minimum atomic E-state index is 0.194. The molecule has 0 amide bonds. The minimum Gasteiger partial charge on any atom is -0.507 e. The van der Waals surface area contributed by atoms with E-state index >= 15 is 0 Å². The number of phenolic OH excluding ortho intramolecular Hbond substituents is 1. The summed E-state index contributed by atoms with van der Waals surface area (Å²) in [6.45, 7) is 0. The Labute approximate surface area is 151 Å². The molecule has 0 aliphatic heterocycles. The summed E-state index contributed by atoms with van der Waals surface area (Å²) in [6, 6.07) is 24.2. The van der Waals surface area contributed by atoms with Crippen molar-refractivity contribution in [3.63, 3.8) is 0 Å². The molecular weight excluding hydrogens is 324 g/mol. The molecule has 0 bridgehead atoms. The maximum Gasteiger partial charge on any atom is 0.140 e. The van der Waals surface area contributed by atoms with Crippen LogP contribution in [0.1, 0.15) is 0 Å². The van der Waals surface area contributed by atoms with Gasteiger partial charge in [-0.05, 0) is 48.5 Å². The highest BCUT2D eigenvalue weighted by atomic mass is 16.3. The molecule has 26 heavy (non-hydrogen) atoms. The van der Waals surface area contributed by atoms with Gasteiger partial charge in [0.05, 0.1) is 5.69 Å². The molecule has 126 valence electrons. The molecule has 0 fully saturated rings. The highest BCUT2D eigenvalue weighted by Crippen LogP contribution is 2.33. The number of benzene rings is 1. The lowest BCUT2D eigenvalue weighted by molar-refractivity contribution is 0.477. The van der Waals surface area contributed by atoms with Crippen molar-refractivity contribution >= 4 is 17.5 Å². The lowest BCUT2D eigenvalue weighted by Crippen LogP contribution is -2.14. The van der Waals surface area contributed by atoms with Crippen LogP contribution in [0.5, 0.6) is 5.75 Å². The van der Waals surface area contributed by atoms with Crippen molar-refractivity contribution in [2.75, 3.05) is 4.90 Å². The molecule has 0 unspecified atom stereocenters. The van der Waals surface area contributed by atoms with Gasteiger partial charge in [0.1, 0.15) is 23.2 Å². The average molecular weight is 340 g/mol. The topological polar surface area (TPSA) is 62.1 Å². The van der Waals surface area contributed by atoms with Gasteiger partial charge < -0.3 is 5.11 Å². The van der Waals surface area contributed by atoms with E-state index in [0.717, 1.165) is 0 Å². The molecule has 3 aromatic heterocycles. The number of pyridine rings is 3. The molecule has 0 aliphatic rings. The molecule has 0 saturated carbocycles. The zero-order valence-electron chi connectivity index (χ0n) is 13.9. The molecule has 4 aromatic rings. The summed E-state index contributed by atoms with van der Waals surface area (Å²) in [5.74, 6) is 2.30. The van der Waals surface area contributed by atoms with Crippen LogP contribution in [0.15, 0.2) is 91.3 Å². The van der Waals surface area contributed by atoms with Crippen LogP contribution in [0.2, 0.25) is 0 Å². The summed E-state index contributed by atoms with van der Waals surface area (Å²) < 4.78 is 0. The Morgan fingerprint density at radius 1 is 0.615 bits per heavy atom. The minimum absolute atomic E-state index is 0.194. The van der Waals surface area contributed by atoms with Crippen molar-refractivity contribution in [1.82, 2.24) is 15.0 Å². The molecule has 0 spiro atoms. The molecule has 1 aromatic carbocycles. The highest BCUT2D eigenvalue weighted by molar-refractivity contribution is 5.73. The number of para-hydroxylation sites is 1. The lowest BCUT2D eigenvalue weighted by Gasteiger charge is -2.22. The van der Waals surface area contributed by atoms with Crippen molar-refractivity contribution in [2.45, 2.75) is 0 Å². The van der Waals surface area contributed by atoms with Gasteiger partial charge in [0.2, 0.25) is 0 Å². The Morgan fingerprint density at radius 2 is 1.23 bits per heavy atom. The number of aromatic hydroxyl groups is 1. The van der Waals surface area contributed by atoms with E-state index in [-0.39, 0.29) is 5.75 Å². The van der Waals surface area contributed by atoms with Gasteiger partial charge >= 0.3 is 0 Å². The first-order chi connectivity index (χ1) is 12.8. The Morgan fingerprint density at radius 3 is 1.85 bits per heavy atom. The van der Waals surface area contributed by atoms with E-state index in [1.165, 1.54) is 0 Å². The van der Waals surface area contributed by atoms with E-state index in [9.17, 15) is 5.11 Å². The number of anilines is 3. The van der Waals surface area contributed by atoms with Gasteiger partial charge in [-0.15, -0.1) is 0 Å². The first kappa shape index (κ1) is 15.8. The van der Waals surface area contributed by atoms with E-state index in [1.807, 2.05) is 71.6 Å². The second kappa shape index (κ2) is 7.03. The highest BCUT2D eigenvalue weighted by Gasteiger charge is 2.16. The van der Waals surface area contributed by atoms with E-state index in [0.29, 0.717) is 28.7 Å². The fourth-order valence-corrected chi connectivity index (χ4v) is 2.71. The molecule has 0 atom stereocenters. The number of nitrogens with zero attached hydrogens (tertiary/aromatic N) is 4. The summed E-state index contributed by atoms with van der Waals surface area (Å²) in [4.78, 5) is 15.5. The van der Waals surface area contributed by atoms with Crippen LogP contribution in [-0.4, -0.2) is 20.1 Å². The van der Waals surface area contributed by atoms with Gasteiger partial charge in [0.25, 0.3) is 0 Å². The maximum absolute atomic E-state index is 10.1. The third kappa shape index (κ3) is 3.10. The van der Waals surface area contributed by atoms with Crippen LogP contribution in [0.25, 0.3) is 11.3 Å². The molecule has 1 N–H and O–H groups in total. The maximum atomic E-state index is 10.1. The second-order valence-electron chi connectivity index (χ2n) is 5.61. The first-order valence-corrected chi connectivity index (χ1v) is 8.20. The molecular formula is C21H16N4O. The average Bonchev–Trinajstić information content (AvgIpc) is 2.70. The van der Waals surface area contributed by atoms with E-state index in [4.69, 9.17) is 4.98 Å². The monoisotopic (exact) mass is 340 g/mol. The van der Waals surface area contributed by atoms with Crippen molar-refractivity contribution in [2.24, 2.45) is 0 Å². The Hall–Kier alpha value is -3.73. The van der Waals surface area contributed by atoms with Gasteiger partial charge in [-0.1, -0.05) is 30.3 Å². The predicted molar refractivity (Wildman–Crippen MR) is 102 cm³/mol. The first-order valence-electron chi connectivity index (χ1n) is 8.20. The quantitative estimate of drug-likeness (QED) is 0.583. The predicted octanol–water partition coefficient (Wildman–Crippen LogP) is 4.71. The molecule has 4 rings (SSSR count). The van der Waals surface area contributed by atoms with Crippen LogP contribution >= 0.6 is 0 Å². The zero-order valence-corrected chi connectivity index (χ0v) is 13.9. The van der Waals surface area contributed by atoms with Crippen molar-refractivity contribution in [3.8, 4) is 17.0 Å². The van der Waals surface area contributed by atoms with E-state index in [2.05, 4.69) is 9.97 Å². The third-order valence-corrected chi connectivity index (χ3v) is 3.90. The summed E-state index contributed by atoms with van der Waals surface area (Å²) in [5.41, 5.74) is 1.36. The Balaban J connectivity index is 1.85. The number of hydrogen-bond acceptors (Lipinski definition) is 5. The normalized spacial score (nSPS) is 10.5. The fourth-order valence-electron chi connectivity index (χ4n) is 2.71. The fraction of sp³-hybridized carbons (Fsp3) is 0. The summed E-state index contributed by atoms with van der Waals surface area (Å²) in [7, 11) is 0. The van der Waals surface area contributed by atoms with Crippen LogP contribution in [0, 0.1) is 0 Å². The van der Waals surface area contributed by atoms with Crippen LogP contribution in [-0.2, 0) is 0 Å². The lowest BCUT2D eigenvalue weighted by atomic mass is 10.1. The van der Waals surface area contributed by atoms with Crippen LogP contribution in [0.3, 0.4) is 0 Å². The SMILES string of the molecule is Oc1ccccc1-c1cccc(N(c2ccccn2)c2ccccn2)n1. The number of rotatable bonds is 4. The second-order valence-corrected chi connectivity index (χ2v) is 5.61. The van der Waals surface area contributed by atoms with Crippen LogP contribution in [0.4, 0.5) is 17.5 Å². The van der Waals surface area contributed by atoms with Gasteiger partial charge in [0.15, 0.2) is 0 Å². The summed E-state index contributed by atoms with van der Waals surface area (Å²) >= 11 is 0. The summed E-state index contributed by atoms with van der Waals surface area (Å²) in [5, 5.41) is 10.1. The van der Waals surface area contributed by atoms with Gasteiger partial charge in [-0.3, -0.25) is 4.90 Å². The van der Waals surface area contributed by atoms with Gasteiger partial charge in [-0.25, -0.2) is 15.0 Å². The molecule has 5 heteroatoms. The molecule has 0 aliphatic carbocycles. The Bertz CT molecular complexity index is 967. The smallest absolute Gasteiger partial charge is 0.140 e. The van der Waals surface area contributed by atoms with E-state index in [1.54, 1.807) is 24.5 Å². The largest absolute Gasteiger partial charge is 0.507 e. The molecule has 3 heterocycles. The molecule has 5 nitrogen and oxygen atoms in total. The van der Waals surface area contributed by atoms with Gasteiger partial charge in [0, 0.05) is 18.0 Å². The molecule has 0 saturated heterocycles. The zero-order chi connectivity index (χ0) is 17.8. The van der Waals surface area contributed by atoms with Crippen LogP contribution < -0.4 is 4.90 Å².